The lowest BCUT2D eigenvalue weighted by Gasteiger charge is -2.29. The van der Waals surface area contributed by atoms with Crippen molar-refractivity contribution < 1.29 is 23.4 Å². The second-order valence-corrected chi connectivity index (χ2v) is 5.88. The van der Waals surface area contributed by atoms with Crippen LogP contribution in [0.25, 0.3) is 0 Å². The largest absolute Gasteiger partial charge is 0.443 e. The van der Waals surface area contributed by atoms with Crippen molar-refractivity contribution in [3.63, 3.8) is 0 Å². The number of aliphatic hydroxyl groups excluding tert-OH is 2. The summed E-state index contributed by atoms with van der Waals surface area (Å²) in [4.78, 5) is 3.21. The molecule has 1 rings (SSSR count). The number of nitrogens with zero attached hydrogens (tertiary/aromatic N) is 1. The highest BCUT2D eigenvalue weighted by Crippen LogP contribution is 2.37. The summed E-state index contributed by atoms with van der Waals surface area (Å²) in [5.41, 5.74) is -0.623. The van der Waals surface area contributed by atoms with E-state index in [1.165, 1.54) is 0 Å². The van der Waals surface area contributed by atoms with Crippen molar-refractivity contribution in [2.75, 3.05) is 0 Å². The number of alkyl halides is 3. The van der Waals surface area contributed by atoms with Crippen LogP contribution in [0.15, 0.2) is 6.20 Å². The monoisotopic (exact) mass is 269 g/mol. The molecule has 0 aliphatic heterocycles. The first-order valence-electron chi connectivity index (χ1n) is 4.92. The molecule has 0 aliphatic rings. The third kappa shape index (κ3) is 3.40. The number of hydrogen-bond donors (Lipinski definition) is 2. The molecule has 7 heteroatoms. The van der Waals surface area contributed by atoms with Gasteiger partial charge in [-0.2, -0.15) is 13.2 Å². The van der Waals surface area contributed by atoms with Gasteiger partial charge in [-0.3, -0.25) is 0 Å². The van der Waals surface area contributed by atoms with E-state index in [4.69, 9.17) is 0 Å². The van der Waals surface area contributed by atoms with E-state index in [0.717, 1.165) is 6.20 Å². The van der Waals surface area contributed by atoms with E-state index in [-0.39, 0.29) is 4.88 Å². The zero-order valence-corrected chi connectivity index (χ0v) is 10.4. The fourth-order valence-electron chi connectivity index (χ4n) is 1.18. The van der Waals surface area contributed by atoms with Crippen LogP contribution in [0.4, 0.5) is 13.2 Å². The molecule has 0 spiro atoms. The molecular formula is C10H14F3NO2S. The van der Waals surface area contributed by atoms with Crippen LogP contribution in [0.3, 0.4) is 0 Å². The van der Waals surface area contributed by atoms with Crippen LogP contribution in [0, 0.1) is 5.41 Å². The molecule has 17 heavy (non-hydrogen) atoms. The maximum Gasteiger partial charge on any atom is 0.443 e. The highest BCUT2D eigenvalue weighted by Gasteiger charge is 2.37. The van der Waals surface area contributed by atoms with Crippen molar-refractivity contribution in [2.45, 2.75) is 39.2 Å². The zero-order chi connectivity index (χ0) is 13.4. The minimum absolute atomic E-state index is 0.0137. The topological polar surface area (TPSA) is 53.4 Å². The zero-order valence-electron chi connectivity index (χ0n) is 9.62. The van der Waals surface area contributed by atoms with Gasteiger partial charge in [0.25, 0.3) is 0 Å². The fourth-order valence-corrected chi connectivity index (χ4v) is 1.98. The van der Waals surface area contributed by atoms with Crippen molar-refractivity contribution in [3.05, 3.63) is 16.1 Å². The van der Waals surface area contributed by atoms with Gasteiger partial charge < -0.3 is 10.2 Å². The van der Waals surface area contributed by atoms with Crippen molar-refractivity contribution in [3.8, 4) is 0 Å². The molecule has 0 amide bonds. The van der Waals surface area contributed by atoms with Crippen LogP contribution in [0.2, 0.25) is 0 Å². The summed E-state index contributed by atoms with van der Waals surface area (Å²) in [5, 5.41) is 18.5. The van der Waals surface area contributed by atoms with Crippen LogP contribution in [-0.4, -0.2) is 21.3 Å². The molecule has 1 aromatic heterocycles. The van der Waals surface area contributed by atoms with Gasteiger partial charge in [0, 0.05) is 6.20 Å². The summed E-state index contributed by atoms with van der Waals surface area (Å²) in [6.45, 7) is 5.06. The first-order valence-corrected chi connectivity index (χ1v) is 5.74. The highest BCUT2D eigenvalue weighted by atomic mass is 32.1. The van der Waals surface area contributed by atoms with Gasteiger partial charge in [-0.15, -0.1) is 11.3 Å². The van der Waals surface area contributed by atoms with Crippen LogP contribution in [0.5, 0.6) is 0 Å². The summed E-state index contributed by atoms with van der Waals surface area (Å²) >= 11 is 0.346. The molecule has 1 aromatic rings. The number of thiazole rings is 1. The van der Waals surface area contributed by atoms with E-state index >= 15 is 0 Å². The molecule has 3 nitrogen and oxygen atoms in total. The molecule has 0 radical (unpaired) electrons. The number of hydrogen-bond acceptors (Lipinski definition) is 4. The van der Waals surface area contributed by atoms with Crippen LogP contribution in [-0.2, 0) is 6.18 Å². The molecule has 1 heterocycles. The Labute approximate surface area is 101 Å². The summed E-state index contributed by atoms with van der Waals surface area (Å²) in [6.07, 6.45) is -6.07. The molecule has 0 fully saturated rings. The Morgan fingerprint density at radius 3 is 2.12 bits per heavy atom. The summed E-state index contributed by atoms with van der Waals surface area (Å²) in [6, 6.07) is 0. The smallest absolute Gasteiger partial charge is 0.389 e. The molecule has 2 N–H and O–H groups in total. The molecular weight excluding hydrogens is 255 g/mol. The average molecular weight is 269 g/mol. The van der Waals surface area contributed by atoms with Crippen LogP contribution in [0.1, 0.15) is 36.8 Å². The Hall–Kier alpha value is -0.660. The summed E-state index contributed by atoms with van der Waals surface area (Å²) in [5.74, 6) is 0. The second-order valence-electron chi connectivity index (χ2n) is 4.82. The third-order valence-corrected chi connectivity index (χ3v) is 3.36. The van der Waals surface area contributed by atoms with E-state index in [2.05, 4.69) is 4.98 Å². The Morgan fingerprint density at radius 2 is 1.76 bits per heavy atom. The van der Waals surface area contributed by atoms with Gasteiger partial charge in [0.1, 0.15) is 6.10 Å². The van der Waals surface area contributed by atoms with E-state index in [1.54, 1.807) is 20.8 Å². The number of halogens is 3. The Balaban J connectivity index is 2.91. The normalized spacial score (nSPS) is 16.9. The first-order chi connectivity index (χ1) is 7.53. The van der Waals surface area contributed by atoms with E-state index in [9.17, 15) is 23.4 Å². The van der Waals surface area contributed by atoms with E-state index < -0.39 is 28.8 Å². The summed E-state index contributed by atoms with van der Waals surface area (Å²) in [7, 11) is 0. The Bertz CT molecular complexity index is 384. The molecule has 0 aromatic carbocycles. The number of aromatic nitrogens is 1. The van der Waals surface area contributed by atoms with Gasteiger partial charge in [0.2, 0.25) is 0 Å². The SMILES string of the molecule is CC(C)(C)C(O)C(O)c1cnc(C(F)(F)F)s1. The van der Waals surface area contributed by atoms with Crippen molar-refractivity contribution >= 4 is 11.3 Å². The maximum atomic E-state index is 12.3. The molecule has 98 valence electrons. The van der Waals surface area contributed by atoms with Crippen LogP contribution < -0.4 is 0 Å². The average Bonchev–Trinajstić information content (AvgIpc) is 2.61. The Morgan fingerprint density at radius 1 is 1.24 bits per heavy atom. The Kier molecular flexibility index (Phi) is 3.85. The minimum Gasteiger partial charge on any atom is -0.389 e. The van der Waals surface area contributed by atoms with Crippen molar-refractivity contribution in [1.29, 1.82) is 0 Å². The maximum absolute atomic E-state index is 12.3. The summed E-state index contributed by atoms with van der Waals surface area (Å²) < 4.78 is 36.9. The van der Waals surface area contributed by atoms with Gasteiger partial charge in [0.05, 0.1) is 11.0 Å². The molecule has 0 aliphatic carbocycles. The second kappa shape index (κ2) is 4.55. The lowest BCUT2D eigenvalue weighted by molar-refractivity contribution is -0.137. The molecule has 0 saturated heterocycles. The van der Waals surface area contributed by atoms with Gasteiger partial charge >= 0.3 is 6.18 Å². The minimum atomic E-state index is -4.52. The first kappa shape index (κ1) is 14.4. The van der Waals surface area contributed by atoms with E-state index in [0.29, 0.717) is 11.3 Å². The predicted molar refractivity (Wildman–Crippen MR) is 57.5 cm³/mol. The van der Waals surface area contributed by atoms with Crippen molar-refractivity contribution in [1.82, 2.24) is 4.98 Å². The fraction of sp³-hybridized carbons (Fsp3) is 0.700. The number of rotatable bonds is 2. The van der Waals surface area contributed by atoms with Gasteiger partial charge in [-0.05, 0) is 5.41 Å². The van der Waals surface area contributed by atoms with Crippen molar-refractivity contribution in [2.24, 2.45) is 5.41 Å². The van der Waals surface area contributed by atoms with Gasteiger partial charge in [-0.25, -0.2) is 4.98 Å². The molecule has 2 unspecified atom stereocenters. The highest BCUT2D eigenvalue weighted by molar-refractivity contribution is 7.11. The van der Waals surface area contributed by atoms with Crippen LogP contribution >= 0.6 is 11.3 Å². The van der Waals surface area contributed by atoms with E-state index in [1.807, 2.05) is 0 Å². The van der Waals surface area contributed by atoms with Gasteiger partial charge in [0.15, 0.2) is 5.01 Å². The predicted octanol–water partition coefficient (Wildman–Crippen LogP) is 2.60. The molecule has 0 saturated carbocycles. The third-order valence-electron chi connectivity index (χ3n) is 2.24. The number of aliphatic hydroxyl groups is 2. The lowest BCUT2D eigenvalue weighted by Crippen LogP contribution is -2.31. The standard InChI is InChI=1S/C10H14F3NO2S/c1-9(2,3)7(16)6(15)5-4-14-8(17-5)10(11,12)13/h4,6-7,15-16H,1-3H3. The molecule has 0 bridgehead atoms. The quantitative estimate of drug-likeness (QED) is 0.867. The lowest BCUT2D eigenvalue weighted by atomic mass is 9.85. The molecule has 2 atom stereocenters. The van der Waals surface area contributed by atoms with Gasteiger partial charge in [-0.1, -0.05) is 20.8 Å².